The van der Waals surface area contributed by atoms with E-state index in [1.54, 1.807) is 4.90 Å². The standard InChI is InChI=1S/C14H18N2O3/c17-9-7-15-13(18)12-6-8-16(14(12)19)10-11-4-2-1-3-5-11/h1-5,12,17H,6-10H2,(H,15,18)/t12-/m0/s1. The third-order valence-electron chi connectivity index (χ3n) is 3.24. The molecular formula is C14H18N2O3. The van der Waals surface area contributed by atoms with E-state index in [4.69, 9.17) is 5.11 Å². The predicted molar refractivity (Wildman–Crippen MR) is 70.1 cm³/mol. The van der Waals surface area contributed by atoms with Crippen molar-refractivity contribution < 1.29 is 14.7 Å². The number of hydrogen-bond donors (Lipinski definition) is 2. The maximum atomic E-state index is 12.1. The number of carbonyl (C=O) groups is 2. The number of nitrogens with one attached hydrogen (secondary N) is 1. The van der Waals surface area contributed by atoms with Crippen molar-refractivity contribution in [1.82, 2.24) is 10.2 Å². The average Bonchev–Trinajstić information content (AvgIpc) is 2.79. The summed E-state index contributed by atoms with van der Waals surface area (Å²) in [5.41, 5.74) is 1.06. The van der Waals surface area contributed by atoms with Gasteiger partial charge in [-0.15, -0.1) is 0 Å². The number of amides is 2. The fraction of sp³-hybridized carbons (Fsp3) is 0.429. The second kappa shape index (κ2) is 6.33. The lowest BCUT2D eigenvalue weighted by Crippen LogP contribution is -2.37. The Labute approximate surface area is 112 Å². The second-order valence-electron chi connectivity index (χ2n) is 4.60. The number of nitrogens with zero attached hydrogens (tertiary/aromatic N) is 1. The minimum absolute atomic E-state index is 0.111. The molecule has 0 aromatic heterocycles. The van der Waals surface area contributed by atoms with Crippen molar-refractivity contribution in [2.75, 3.05) is 19.7 Å². The second-order valence-corrected chi connectivity index (χ2v) is 4.60. The molecule has 1 aromatic carbocycles. The molecule has 0 unspecified atom stereocenters. The van der Waals surface area contributed by atoms with E-state index in [1.165, 1.54) is 0 Å². The van der Waals surface area contributed by atoms with Crippen molar-refractivity contribution in [2.45, 2.75) is 13.0 Å². The maximum Gasteiger partial charge on any atom is 0.235 e. The molecule has 19 heavy (non-hydrogen) atoms. The van der Waals surface area contributed by atoms with E-state index in [1.807, 2.05) is 30.3 Å². The minimum atomic E-state index is -0.602. The highest BCUT2D eigenvalue weighted by Crippen LogP contribution is 2.20. The Bertz CT molecular complexity index is 447. The topological polar surface area (TPSA) is 69.6 Å². The molecule has 0 radical (unpaired) electrons. The van der Waals surface area contributed by atoms with E-state index >= 15 is 0 Å². The predicted octanol–water partition coefficient (Wildman–Crippen LogP) is 0.144. The molecule has 0 aliphatic carbocycles. The molecule has 1 aliphatic heterocycles. The number of likely N-dealkylation sites (tertiary alicyclic amines) is 1. The summed E-state index contributed by atoms with van der Waals surface area (Å²) in [7, 11) is 0. The summed E-state index contributed by atoms with van der Waals surface area (Å²) >= 11 is 0. The van der Waals surface area contributed by atoms with Gasteiger partial charge in [0.1, 0.15) is 5.92 Å². The lowest BCUT2D eigenvalue weighted by molar-refractivity contribution is -0.138. The molecule has 2 amide bonds. The van der Waals surface area contributed by atoms with Crippen molar-refractivity contribution in [3.05, 3.63) is 35.9 Å². The average molecular weight is 262 g/mol. The van der Waals surface area contributed by atoms with Crippen LogP contribution in [-0.2, 0) is 16.1 Å². The molecule has 2 N–H and O–H groups in total. The number of aliphatic hydroxyl groups is 1. The summed E-state index contributed by atoms with van der Waals surface area (Å²) in [6.45, 7) is 1.23. The zero-order valence-electron chi connectivity index (χ0n) is 10.7. The van der Waals surface area contributed by atoms with Gasteiger partial charge < -0.3 is 15.3 Å². The van der Waals surface area contributed by atoms with Crippen molar-refractivity contribution in [3.8, 4) is 0 Å². The van der Waals surface area contributed by atoms with Crippen LogP contribution >= 0.6 is 0 Å². The molecule has 5 nitrogen and oxygen atoms in total. The highest BCUT2D eigenvalue weighted by molar-refractivity contribution is 6.01. The number of benzene rings is 1. The number of hydrogen-bond acceptors (Lipinski definition) is 3. The van der Waals surface area contributed by atoms with Gasteiger partial charge in [0, 0.05) is 19.6 Å². The lowest BCUT2D eigenvalue weighted by atomic mass is 10.1. The van der Waals surface area contributed by atoms with Gasteiger partial charge in [0.25, 0.3) is 0 Å². The largest absolute Gasteiger partial charge is 0.395 e. The monoisotopic (exact) mass is 262 g/mol. The molecule has 1 heterocycles. The van der Waals surface area contributed by atoms with Crippen molar-refractivity contribution in [1.29, 1.82) is 0 Å². The smallest absolute Gasteiger partial charge is 0.235 e. The van der Waals surface area contributed by atoms with E-state index < -0.39 is 5.92 Å². The number of rotatable bonds is 5. The first-order valence-corrected chi connectivity index (χ1v) is 6.43. The van der Waals surface area contributed by atoms with Crippen LogP contribution in [0.4, 0.5) is 0 Å². The summed E-state index contributed by atoms with van der Waals surface area (Å²) in [4.78, 5) is 25.6. The molecule has 1 fully saturated rings. The van der Waals surface area contributed by atoms with Gasteiger partial charge in [-0.2, -0.15) is 0 Å². The summed E-state index contributed by atoms with van der Waals surface area (Å²) in [5, 5.41) is 11.2. The van der Waals surface area contributed by atoms with Crippen molar-refractivity contribution in [2.24, 2.45) is 5.92 Å². The molecule has 5 heteroatoms. The zero-order chi connectivity index (χ0) is 13.7. The summed E-state index contributed by atoms with van der Waals surface area (Å²) in [5.74, 6) is -1.01. The van der Waals surface area contributed by atoms with Gasteiger partial charge >= 0.3 is 0 Å². The molecule has 1 aromatic rings. The van der Waals surface area contributed by atoms with Gasteiger partial charge in [0.15, 0.2) is 0 Å². The van der Waals surface area contributed by atoms with Crippen LogP contribution in [0.1, 0.15) is 12.0 Å². The Morgan fingerprint density at radius 3 is 2.79 bits per heavy atom. The van der Waals surface area contributed by atoms with Crippen molar-refractivity contribution in [3.63, 3.8) is 0 Å². The summed E-state index contributed by atoms with van der Waals surface area (Å²) < 4.78 is 0. The van der Waals surface area contributed by atoms with Crippen LogP contribution < -0.4 is 5.32 Å². The van der Waals surface area contributed by atoms with Crippen LogP contribution in [0.15, 0.2) is 30.3 Å². The molecule has 1 aliphatic rings. The van der Waals surface area contributed by atoms with Gasteiger partial charge in [-0.1, -0.05) is 30.3 Å². The fourth-order valence-electron chi connectivity index (χ4n) is 2.25. The fourth-order valence-corrected chi connectivity index (χ4v) is 2.25. The van der Waals surface area contributed by atoms with E-state index in [9.17, 15) is 9.59 Å². The minimum Gasteiger partial charge on any atom is -0.395 e. The van der Waals surface area contributed by atoms with Gasteiger partial charge in [-0.05, 0) is 12.0 Å². The summed E-state index contributed by atoms with van der Waals surface area (Å²) in [6.07, 6.45) is 0.545. The lowest BCUT2D eigenvalue weighted by Gasteiger charge is -2.16. The zero-order valence-corrected chi connectivity index (χ0v) is 10.7. The quantitative estimate of drug-likeness (QED) is 0.742. The molecule has 102 valence electrons. The highest BCUT2D eigenvalue weighted by atomic mass is 16.3. The Balaban J connectivity index is 1.92. The molecule has 2 rings (SSSR count). The third-order valence-corrected chi connectivity index (χ3v) is 3.24. The molecular weight excluding hydrogens is 244 g/mol. The van der Waals surface area contributed by atoms with Crippen molar-refractivity contribution >= 4 is 11.8 Å². The van der Waals surface area contributed by atoms with E-state index in [0.717, 1.165) is 5.56 Å². The molecule has 0 bridgehead atoms. The number of aliphatic hydroxyl groups excluding tert-OH is 1. The Morgan fingerprint density at radius 1 is 1.37 bits per heavy atom. The van der Waals surface area contributed by atoms with E-state index in [2.05, 4.69) is 5.32 Å². The van der Waals surface area contributed by atoms with Crippen LogP contribution in [0.2, 0.25) is 0 Å². The number of carbonyl (C=O) groups excluding carboxylic acids is 2. The first-order chi connectivity index (χ1) is 9.22. The molecule has 0 spiro atoms. The van der Waals surface area contributed by atoms with Crippen LogP contribution in [-0.4, -0.2) is 41.5 Å². The Kier molecular flexibility index (Phi) is 4.52. The Hall–Kier alpha value is -1.88. The highest BCUT2D eigenvalue weighted by Gasteiger charge is 2.36. The maximum absolute atomic E-state index is 12.1. The van der Waals surface area contributed by atoms with E-state index in [0.29, 0.717) is 19.5 Å². The first kappa shape index (κ1) is 13.5. The van der Waals surface area contributed by atoms with Crippen LogP contribution in [0.25, 0.3) is 0 Å². The molecule has 1 saturated heterocycles. The van der Waals surface area contributed by atoms with Crippen LogP contribution in [0.3, 0.4) is 0 Å². The Morgan fingerprint density at radius 2 is 2.11 bits per heavy atom. The van der Waals surface area contributed by atoms with Gasteiger partial charge in [0.2, 0.25) is 11.8 Å². The van der Waals surface area contributed by atoms with E-state index in [-0.39, 0.29) is 25.0 Å². The summed E-state index contributed by atoms with van der Waals surface area (Å²) in [6, 6.07) is 9.72. The first-order valence-electron chi connectivity index (χ1n) is 6.43. The normalized spacial score (nSPS) is 18.7. The van der Waals surface area contributed by atoms with Gasteiger partial charge in [-0.25, -0.2) is 0 Å². The van der Waals surface area contributed by atoms with Gasteiger partial charge in [0.05, 0.1) is 6.61 Å². The third kappa shape index (κ3) is 3.32. The SMILES string of the molecule is O=C(NCCO)[C@@H]1CCN(Cc2ccccc2)C1=O. The van der Waals surface area contributed by atoms with Crippen LogP contribution in [0.5, 0.6) is 0 Å². The molecule has 1 atom stereocenters. The van der Waals surface area contributed by atoms with Gasteiger partial charge in [-0.3, -0.25) is 9.59 Å². The van der Waals surface area contributed by atoms with Crippen LogP contribution in [0, 0.1) is 5.92 Å². The molecule has 0 saturated carbocycles.